The van der Waals surface area contributed by atoms with E-state index in [4.69, 9.17) is 16.3 Å². The van der Waals surface area contributed by atoms with E-state index in [2.05, 4.69) is 31.9 Å². The molecule has 0 aliphatic rings. The summed E-state index contributed by atoms with van der Waals surface area (Å²) in [6.45, 7) is 0. The van der Waals surface area contributed by atoms with Crippen LogP contribution in [0.5, 0.6) is 11.5 Å². The Kier molecular flexibility index (Phi) is 5.01. The smallest absolute Gasteiger partial charge is 0.312 e. The molecule has 0 amide bonds. The van der Waals surface area contributed by atoms with Crippen molar-refractivity contribution in [3.05, 3.63) is 61.6 Å². The van der Waals surface area contributed by atoms with E-state index < -0.39 is 4.92 Å². The Morgan fingerprint density at radius 2 is 2.05 bits per heavy atom. The topological polar surface area (TPSA) is 52.4 Å². The molecule has 4 nitrogen and oxygen atoms in total. The van der Waals surface area contributed by atoms with Crippen molar-refractivity contribution in [1.29, 1.82) is 0 Å². The molecule has 7 heteroatoms. The van der Waals surface area contributed by atoms with Crippen molar-refractivity contribution in [3.8, 4) is 11.5 Å². The molecule has 0 bridgehead atoms. The summed E-state index contributed by atoms with van der Waals surface area (Å²) in [4.78, 5) is 10.6. The Morgan fingerprint density at radius 3 is 2.70 bits per heavy atom. The molecule has 104 valence electrons. The SMILES string of the molecule is O=[N+]([O-])c1cccc(Br)c1Oc1cc(Cl)ccc1CBr. The summed E-state index contributed by atoms with van der Waals surface area (Å²) in [7, 11) is 0. The highest BCUT2D eigenvalue weighted by Crippen LogP contribution is 2.39. The van der Waals surface area contributed by atoms with Gasteiger partial charge in [0.05, 0.1) is 9.40 Å². The van der Waals surface area contributed by atoms with Gasteiger partial charge in [-0.2, -0.15) is 0 Å². The van der Waals surface area contributed by atoms with E-state index in [0.717, 1.165) is 5.56 Å². The first-order chi connectivity index (χ1) is 9.52. The molecule has 0 aliphatic carbocycles. The lowest BCUT2D eigenvalue weighted by molar-refractivity contribution is -0.385. The maximum atomic E-state index is 11.1. The van der Waals surface area contributed by atoms with Crippen LogP contribution in [0.2, 0.25) is 5.02 Å². The Hall–Kier alpha value is -1.11. The molecule has 20 heavy (non-hydrogen) atoms. The standard InChI is InChI=1S/C13H8Br2ClNO3/c14-7-8-4-5-9(16)6-12(8)20-13-10(15)2-1-3-11(13)17(18)19/h1-6H,7H2. The van der Waals surface area contributed by atoms with Crippen LogP contribution in [0.4, 0.5) is 5.69 Å². The van der Waals surface area contributed by atoms with E-state index in [1.165, 1.54) is 6.07 Å². The number of rotatable bonds is 4. The zero-order chi connectivity index (χ0) is 14.7. The van der Waals surface area contributed by atoms with Crippen molar-refractivity contribution in [2.45, 2.75) is 5.33 Å². The van der Waals surface area contributed by atoms with Gasteiger partial charge in [0.1, 0.15) is 5.75 Å². The summed E-state index contributed by atoms with van der Waals surface area (Å²) in [5, 5.41) is 12.1. The molecule has 0 saturated carbocycles. The monoisotopic (exact) mass is 419 g/mol. The van der Waals surface area contributed by atoms with E-state index >= 15 is 0 Å². The Morgan fingerprint density at radius 1 is 1.30 bits per heavy atom. The van der Waals surface area contributed by atoms with Gasteiger partial charge in [-0.3, -0.25) is 10.1 Å². The highest BCUT2D eigenvalue weighted by atomic mass is 79.9. The summed E-state index contributed by atoms with van der Waals surface area (Å²) in [5.74, 6) is 0.631. The maximum absolute atomic E-state index is 11.1. The number of benzene rings is 2. The first kappa shape index (κ1) is 15.3. The van der Waals surface area contributed by atoms with Crippen LogP contribution in [0.3, 0.4) is 0 Å². The third-order valence-electron chi connectivity index (χ3n) is 2.53. The summed E-state index contributed by atoms with van der Waals surface area (Å²) in [6.07, 6.45) is 0. The van der Waals surface area contributed by atoms with E-state index in [1.807, 2.05) is 0 Å². The second-order valence-electron chi connectivity index (χ2n) is 3.83. The fraction of sp³-hybridized carbons (Fsp3) is 0.0769. The normalized spacial score (nSPS) is 10.3. The summed E-state index contributed by atoms with van der Waals surface area (Å²) < 4.78 is 6.21. The van der Waals surface area contributed by atoms with Gasteiger partial charge in [-0.1, -0.05) is 39.7 Å². The number of ether oxygens (including phenoxy) is 1. The fourth-order valence-corrected chi connectivity index (χ4v) is 2.65. The van der Waals surface area contributed by atoms with Crippen molar-refractivity contribution in [1.82, 2.24) is 0 Å². The van der Waals surface area contributed by atoms with E-state index in [9.17, 15) is 10.1 Å². The van der Waals surface area contributed by atoms with E-state index in [1.54, 1.807) is 30.3 Å². The zero-order valence-corrected chi connectivity index (χ0v) is 13.9. The van der Waals surface area contributed by atoms with E-state index in [0.29, 0.717) is 20.6 Å². The van der Waals surface area contributed by atoms with Gasteiger partial charge >= 0.3 is 5.69 Å². The number of nitro benzene ring substituents is 1. The number of alkyl halides is 1. The molecular weight excluding hydrogens is 413 g/mol. The number of hydrogen-bond acceptors (Lipinski definition) is 3. The van der Waals surface area contributed by atoms with Gasteiger partial charge in [0.25, 0.3) is 0 Å². The number of hydrogen-bond donors (Lipinski definition) is 0. The number of halogens is 3. The number of para-hydroxylation sites is 1. The first-order valence-corrected chi connectivity index (χ1v) is 7.77. The van der Waals surface area contributed by atoms with Crippen LogP contribution in [-0.4, -0.2) is 4.92 Å². The molecule has 0 saturated heterocycles. The largest absolute Gasteiger partial charge is 0.449 e. The summed E-state index contributed by atoms with van der Waals surface area (Å²) in [6, 6.07) is 9.81. The average Bonchev–Trinajstić information content (AvgIpc) is 2.41. The van der Waals surface area contributed by atoms with Crippen LogP contribution in [0.25, 0.3) is 0 Å². The molecule has 0 fully saturated rings. The molecule has 2 aromatic rings. The van der Waals surface area contributed by atoms with Gasteiger partial charge in [-0.25, -0.2) is 0 Å². The van der Waals surface area contributed by atoms with Crippen molar-refractivity contribution in [3.63, 3.8) is 0 Å². The van der Waals surface area contributed by atoms with Crippen LogP contribution < -0.4 is 4.74 Å². The molecule has 0 aromatic heterocycles. The number of nitrogens with zero attached hydrogens (tertiary/aromatic N) is 1. The molecule has 0 radical (unpaired) electrons. The lowest BCUT2D eigenvalue weighted by Crippen LogP contribution is -1.96. The average molecular weight is 421 g/mol. The van der Waals surface area contributed by atoms with Crippen LogP contribution in [0.15, 0.2) is 40.9 Å². The molecule has 0 atom stereocenters. The van der Waals surface area contributed by atoms with Crippen LogP contribution in [0, 0.1) is 10.1 Å². The minimum atomic E-state index is -0.488. The Balaban J connectivity index is 2.50. The zero-order valence-electron chi connectivity index (χ0n) is 9.98. The lowest BCUT2D eigenvalue weighted by Gasteiger charge is -2.11. The molecule has 0 spiro atoms. The van der Waals surface area contributed by atoms with Gasteiger partial charge in [0.2, 0.25) is 5.75 Å². The highest BCUT2D eigenvalue weighted by Gasteiger charge is 2.19. The lowest BCUT2D eigenvalue weighted by atomic mass is 10.2. The second-order valence-corrected chi connectivity index (χ2v) is 5.68. The summed E-state index contributed by atoms with van der Waals surface area (Å²) in [5.41, 5.74) is 0.735. The molecule has 0 heterocycles. The third-order valence-corrected chi connectivity index (χ3v) is 3.99. The molecule has 0 N–H and O–H groups in total. The van der Waals surface area contributed by atoms with Crippen LogP contribution >= 0.6 is 43.5 Å². The van der Waals surface area contributed by atoms with Gasteiger partial charge in [0.15, 0.2) is 0 Å². The van der Waals surface area contributed by atoms with Crippen LogP contribution in [0.1, 0.15) is 5.56 Å². The van der Waals surface area contributed by atoms with Gasteiger partial charge < -0.3 is 4.74 Å². The highest BCUT2D eigenvalue weighted by molar-refractivity contribution is 9.10. The first-order valence-electron chi connectivity index (χ1n) is 5.48. The summed E-state index contributed by atoms with van der Waals surface area (Å²) >= 11 is 12.5. The van der Waals surface area contributed by atoms with Crippen molar-refractivity contribution < 1.29 is 9.66 Å². The van der Waals surface area contributed by atoms with Gasteiger partial charge in [0, 0.05) is 22.0 Å². The van der Waals surface area contributed by atoms with Crippen molar-refractivity contribution in [2.24, 2.45) is 0 Å². The quantitative estimate of drug-likeness (QED) is 0.362. The minimum Gasteiger partial charge on any atom is -0.449 e. The minimum absolute atomic E-state index is 0.111. The fourth-order valence-electron chi connectivity index (χ4n) is 1.59. The predicted octanol–water partition coefficient (Wildman–Crippen LogP) is 5.70. The van der Waals surface area contributed by atoms with Crippen molar-refractivity contribution in [2.75, 3.05) is 0 Å². The van der Waals surface area contributed by atoms with Gasteiger partial charge in [-0.05, 0) is 34.1 Å². The maximum Gasteiger partial charge on any atom is 0.312 e. The molecule has 0 aliphatic heterocycles. The van der Waals surface area contributed by atoms with Gasteiger partial charge in [-0.15, -0.1) is 0 Å². The predicted molar refractivity (Wildman–Crippen MR) is 85.0 cm³/mol. The molecule has 2 rings (SSSR count). The van der Waals surface area contributed by atoms with Crippen LogP contribution in [-0.2, 0) is 5.33 Å². The second kappa shape index (κ2) is 6.56. The molecular formula is C13H8Br2ClNO3. The van der Waals surface area contributed by atoms with Crippen molar-refractivity contribution >= 4 is 49.1 Å². The van der Waals surface area contributed by atoms with E-state index in [-0.39, 0.29) is 11.4 Å². The third kappa shape index (κ3) is 3.31. The molecule has 2 aromatic carbocycles. The number of nitro groups is 1. The Bertz CT molecular complexity index is 664. The Labute approximate surface area is 137 Å². The molecule has 0 unspecified atom stereocenters.